The number of carbonyl (C=O) groups is 1. The van der Waals surface area contributed by atoms with Gasteiger partial charge in [0.25, 0.3) is 0 Å². The number of anilines is 1. The van der Waals surface area contributed by atoms with Crippen LogP contribution in [0.2, 0.25) is 0 Å². The second-order valence-corrected chi connectivity index (χ2v) is 8.90. The largest absolute Gasteiger partial charge is 0.364 e. The van der Waals surface area contributed by atoms with Gasteiger partial charge in [-0.1, -0.05) is 13.0 Å². The predicted molar refractivity (Wildman–Crippen MR) is 93.5 cm³/mol. The maximum atomic E-state index is 13.7. The van der Waals surface area contributed by atoms with Crippen molar-refractivity contribution in [3.63, 3.8) is 0 Å². The Labute approximate surface area is 143 Å². The Morgan fingerprint density at radius 1 is 1.17 bits per heavy atom. The molecule has 4 heteroatoms. The first kappa shape index (κ1) is 15.9. The molecule has 2 aliphatic heterocycles. The van der Waals surface area contributed by atoms with E-state index in [-0.39, 0.29) is 22.3 Å². The van der Waals surface area contributed by atoms with Gasteiger partial charge in [0.05, 0.1) is 5.54 Å². The zero-order chi connectivity index (χ0) is 17.2. The fourth-order valence-corrected chi connectivity index (χ4v) is 4.88. The van der Waals surface area contributed by atoms with Crippen LogP contribution in [-0.2, 0) is 4.79 Å². The third-order valence-corrected chi connectivity index (χ3v) is 6.42. The Kier molecular flexibility index (Phi) is 3.29. The highest BCUT2D eigenvalue weighted by atomic mass is 19.1. The van der Waals surface area contributed by atoms with E-state index >= 15 is 0 Å². The topological polar surface area (TPSA) is 23.6 Å². The first-order valence-corrected chi connectivity index (χ1v) is 9.11. The third kappa shape index (κ3) is 2.34. The van der Waals surface area contributed by atoms with Crippen LogP contribution in [0.4, 0.5) is 10.1 Å². The molecule has 0 N–H and O–H groups in total. The lowest BCUT2D eigenvalue weighted by Crippen LogP contribution is -2.51. The van der Waals surface area contributed by atoms with E-state index < -0.39 is 0 Å². The number of rotatable bonds is 2. The van der Waals surface area contributed by atoms with Gasteiger partial charge in [-0.05, 0) is 64.2 Å². The van der Waals surface area contributed by atoms with E-state index in [4.69, 9.17) is 0 Å². The summed E-state index contributed by atoms with van der Waals surface area (Å²) in [5.74, 6) is 0.144. The fraction of sp³-hybridized carbons (Fsp3) is 0.650. The molecular weight excluding hydrogens is 303 g/mol. The van der Waals surface area contributed by atoms with Gasteiger partial charge < -0.3 is 9.80 Å². The molecule has 1 aliphatic carbocycles. The molecule has 0 bridgehead atoms. The van der Waals surface area contributed by atoms with Crippen LogP contribution < -0.4 is 4.90 Å². The average molecular weight is 330 g/mol. The lowest BCUT2D eigenvalue weighted by atomic mass is 9.87. The molecule has 3 fully saturated rings. The second kappa shape index (κ2) is 4.96. The Balaban J connectivity index is 1.66. The number of carbonyl (C=O) groups excluding carboxylic acids is 1. The summed E-state index contributed by atoms with van der Waals surface area (Å²) >= 11 is 0. The number of hydrogen-bond acceptors (Lipinski definition) is 2. The molecule has 1 spiro atoms. The van der Waals surface area contributed by atoms with Crippen molar-refractivity contribution in [3.05, 3.63) is 30.1 Å². The van der Waals surface area contributed by atoms with Crippen LogP contribution in [0.15, 0.2) is 24.3 Å². The van der Waals surface area contributed by atoms with Gasteiger partial charge in [-0.2, -0.15) is 0 Å². The number of benzene rings is 1. The molecule has 2 saturated heterocycles. The van der Waals surface area contributed by atoms with Crippen LogP contribution in [0.5, 0.6) is 0 Å². The van der Waals surface area contributed by atoms with Gasteiger partial charge in [-0.25, -0.2) is 4.39 Å². The maximum absolute atomic E-state index is 13.7. The van der Waals surface area contributed by atoms with E-state index in [1.807, 2.05) is 6.07 Å². The van der Waals surface area contributed by atoms with Crippen molar-refractivity contribution < 1.29 is 9.18 Å². The maximum Gasteiger partial charge on any atom is 0.229 e. The van der Waals surface area contributed by atoms with Crippen molar-refractivity contribution in [2.75, 3.05) is 18.0 Å². The molecule has 1 atom stereocenters. The van der Waals surface area contributed by atoms with E-state index in [1.165, 1.54) is 6.07 Å². The van der Waals surface area contributed by atoms with E-state index in [9.17, 15) is 9.18 Å². The van der Waals surface area contributed by atoms with Crippen LogP contribution in [0, 0.1) is 11.2 Å². The predicted octanol–water partition coefficient (Wildman–Crippen LogP) is 3.98. The molecule has 1 aromatic rings. The van der Waals surface area contributed by atoms with Gasteiger partial charge in [-0.15, -0.1) is 0 Å². The summed E-state index contributed by atoms with van der Waals surface area (Å²) in [5, 5.41) is 0. The van der Waals surface area contributed by atoms with Crippen molar-refractivity contribution in [1.82, 2.24) is 4.90 Å². The zero-order valence-electron chi connectivity index (χ0n) is 14.9. The highest BCUT2D eigenvalue weighted by Gasteiger charge is 2.58. The first-order valence-electron chi connectivity index (χ1n) is 9.11. The molecule has 130 valence electrons. The number of halogens is 1. The molecule has 3 aliphatic rings. The average Bonchev–Trinajstić information content (AvgIpc) is 3.04. The van der Waals surface area contributed by atoms with Crippen molar-refractivity contribution in [2.24, 2.45) is 5.41 Å². The highest BCUT2D eigenvalue weighted by Crippen LogP contribution is 2.52. The first-order chi connectivity index (χ1) is 11.3. The summed E-state index contributed by atoms with van der Waals surface area (Å²) in [6.45, 7) is 8.22. The minimum Gasteiger partial charge on any atom is -0.364 e. The van der Waals surface area contributed by atoms with Crippen LogP contribution in [-0.4, -0.2) is 35.0 Å². The minimum absolute atomic E-state index is 0.0822. The van der Waals surface area contributed by atoms with Crippen LogP contribution in [0.3, 0.4) is 0 Å². The van der Waals surface area contributed by atoms with Gasteiger partial charge in [0.2, 0.25) is 5.91 Å². The van der Waals surface area contributed by atoms with Crippen molar-refractivity contribution in [1.29, 1.82) is 0 Å². The summed E-state index contributed by atoms with van der Waals surface area (Å²) in [6, 6.07) is 6.85. The van der Waals surface area contributed by atoms with E-state index in [0.29, 0.717) is 5.91 Å². The molecule has 2 heterocycles. The van der Waals surface area contributed by atoms with Gasteiger partial charge in [0, 0.05) is 29.7 Å². The lowest BCUT2D eigenvalue weighted by molar-refractivity contribution is -0.140. The van der Waals surface area contributed by atoms with Gasteiger partial charge in [0.1, 0.15) is 5.82 Å². The molecule has 24 heavy (non-hydrogen) atoms. The monoisotopic (exact) mass is 330 g/mol. The summed E-state index contributed by atoms with van der Waals surface area (Å²) < 4.78 is 13.7. The summed E-state index contributed by atoms with van der Waals surface area (Å²) in [4.78, 5) is 17.5. The smallest absolute Gasteiger partial charge is 0.229 e. The Morgan fingerprint density at radius 2 is 1.92 bits per heavy atom. The Bertz CT molecular complexity index is 682. The highest BCUT2D eigenvalue weighted by molar-refractivity contribution is 5.86. The summed E-state index contributed by atoms with van der Waals surface area (Å²) in [5.41, 5.74) is 0.640. The molecule has 0 radical (unpaired) electrons. The van der Waals surface area contributed by atoms with Gasteiger partial charge in [-0.3, -0.25) is 4.79 Å². The van der Waals surface area contributed by atoms with E-state index in [1.54, 1.807) is 12.1 Å². The second-order valence-electron chi connectivity index (χ2n) is 8.90. The number of likely N-dealkylation sites (tertiary alicyclic amines) is 1. The van der Waals surface area contributed by atoms with Crippen molar-refractivity contribution in [3.8, 4) is 0 Å². The standard InChI is InChI=1S/C20H27FN2O/c1-18(2)13-20(14-23(18)16-7-4-6-15(21)12-16)8-5-11-22(20)17(24)19(3)9-10-19/h4,6-7,12H,5,8-11,13-14H2,1-3H3. The van der Waals surface area contributed by atoms with Gasteiger partial charge >= 0.3 is 0 Å². The number of amides is 1. The SMILES string of the molecule is CC1(C(=O)N2CCCC23CN(c2cccc(F)c2)C(C)(C)C3)CC1. The molecule has 1 aromatic carbocycles. The normalized spacial score (nSPS) is 30.2. The lowest BCUT2D eigenvalue weighted by Gasteiger charge is -2.37. The molecular formula is C20H27FN2O. The number of hydrogen-bond donors (Lipinski definition) is 0. The van der Waals surface area contributed by atoms with Crippen molar-refractivity contribution in [2.45, 2.75) is 64.0 Å². The summed E-state index contributed by atoms with van der Waals surface area (Å²) in [7, 11) is 0. The minimum atomic E-state index is -0.200. The zero-order valence-corrected chi connectivity index (χ0v) is 14.9. The van der Waals surface area contributed by atoms with Crippen molar-refractivity contribution >= 4 is 11.6 Å². The molecule has 1 saturated carbocycles. The van der Waals surface area contributed by atoms with E-state index in [2.05, 4.69) is 30.6 Å². The molecule has 1 unspecified atom stereocenters. The number of nitrogens with zero attached hydrogens (tertiary/aromatic N) is 2. The third-order valence-electron chi connectivity index (χ3n) is 6.42. The summed E-state index contributed by atoms with van der Waals surface area (Å²) in [6.07, 6.45) is 5.14. The molecule has 0 aromatic heterocycles. The molecule has 3 nitrogen and oxygen atoms in total. The van der Waals surface area contributed by atoms with Gasteiger partial charge in [0.15, 0.2) is 0 Å². The fourth-order valence-electron chi connectivity index (χ4n) is 4.88. The molecule has 4 rings (SSSR count). The van der Waals surface area contributed by atoms with Crippen LogP contribution >= 0.6 is 0 Å². The van der Waals surface area contributed by atoms with Crippen LogP contribution in [0.25, 0.3) is 0 Å². The Morgan fingerprint density at radius 3 is 2.58 bits per heavy atom. The Hall–Kier alpha value is -1.58. The van der Waals surface area contributed by atoms with E-state index in [0.717, 1.165) is 50.9 Å². The molecule has 1 amide bonds. The quantitative estimate of drug-likeness (QED) is 0.819. The van der Waals surface area contributed by atoms with Crippen LogP contribution in [0.1, 0.15) is 52.9 Å².